The largest absolute Gasteiger partial charge is 0.369 e. The minimum atomic E-state index is 0. The van der Waals surface area contributed by atoms with E-state index in [1.54, 1.807) is 11.3 Å². The van der Waals surface area contributed by atoms with E-state index in [4.69, 9.17) is 0 Å². The normalized spacial score (nSPS) is 23.5. The van der Waals surface area contributed by atoms with E-state index in [9.17, 15) is 0 Å². The van der Waals surface area contributed by atoms with Crippen LogP contribution in [-0.2, 0) is 5.41 Å². The van der Waals surface area contributed by atoms with Crippen LogP contribution in [0.5, 0.6) is 0 Å². The van der Waals surface area contributed by atoms with Gasteiger partial charge in [0, 0.05) is 31.9 Å². The Morgan fingerprint density at radius 3 is 2.00 bits per heavy atom. The van der Waals surface area contributed by atoms with Crippen molar-refractivity contribution in [2.45, 2.75) is 98.3 Å². The summed E-state index contributed by atoms with van der Waals surface area (Å²) < 4.78 is 0. The highest BCUT2D eigenvalue weighted by atomic mass is 35.5. The summed E-state index contributed by atoms with van der Waals surface area (Å²) in [6.07, 6.45) is 8.14. The van der Waals surface area contributed by atoms with Crippen LogP contribution in [0.1, 0.15) is 104 Å². The zero-order valence-corrected chi connectivity index (χ0v) is 22.3. The molecule has 2 aliphatic rings. The van der Waals surface area contributed by atoms with Crippen LogP contribution in [0, 0.1) is 11.3 Å². The number of benzene rings is 1. The third kappa shape index (κ3) is 6.87. The fourth-order valence-corrected chi connectivity index (χ4v) is 5.49. The second-order valence-corrected chi connectivity index (χ2v) is 12.1. The van der Waals surface area contributed by atoms with Gasteiger partial charge in [0.15, 0.2) is 0 Å². The fraction of sp³-hybridized carbons (Fsp3) is 0.786. The van der Waals surface area contributed by atoms with Gasteiger partial charge in [-0.15, -0.1) is 12.4 Å². The third-order valence-corrected chi connectivity index (χ3v) is 7.83. The Balaban J connectivity index is 0.00000341. The first-order valence-corrected chi connectivity index (χ1v) is 12.7. The lowest BCUT2D eigenvalue weighted by Crippen LogP contribution is -2.47. The topological polar surface area (TPSA) is 6.48 Å². The highest BCUT2D eigenvalue weighted by Gasteiger charge is 2.32. The second kappa shape index (κ2) is 10.9. The lowest BCUT2D eigenvalue weighted by atomic mass is 9.68. The van der Waals surface area contributed by atoms with Gasteiger partial charge in [0.1, 0.15) is 0 Å². The maximum Gasteiger partial charge on any atom is 0.0405 e. The molecule has 1 aromatic carbocycles. The van der Waals surface area contributed by atoms with Crippen molar-refractivity contribution in [3.63, 3.8) is 0 Å². The smallest absolute Gasteiger partial charge is 0.0405 e. The van der Waals surface area contributed by atoms with Crippen LogP contribution in [0.2, 0.25) is 0 Å². The van der Waals surface area contributed by atoms with Gasteiger partial charge in [-0.25, -0.2) is 0 Å². The maximum absolute atomic E-state index is 2.71. The van der Waals surface area contributed by atoms with E-state index in [1.807, 2.05) is 0 Å². The molecule has 1 aliphatic heterocycles. The zero-order chi connectivity index (χ0) is 21.9. The summed E-state index contributed by atoms with van der Waals surface area (Å²) >= 11 is 0. The van der Waals surface area contributed by atoms with Gasteiger partial charge in [-0.1, -0.05) is 67.0 Å². The SMILES string of the molecule is CCCCN1CCN(c2cc(C(C)(C)C)ccc2C2CCC(C(C)(C)C)CC2)CC1.Cl. The molecule has 0 radical (unpaired) electrons. The predicted octanol–water partition coefficient (Wildman–Crippen LogP) is 7.65. The van der Waals surface area contributed by atoms with E-state index >= 15 is 0 Å². The summed E-state index contributed by atoms with van der Waals surface area (Å²) in [6, 6.07) is 7.47. The van der Waals surface area contributed by atoms with Crippen molar-refractivity contribution in [2.24, 2.45) is 11.3 Å². The summed E-state index contributed by atoms with van der Waals surface area (Å²) in [5.74, 6) is 1.62. The Hall–Kier alpha value is -0.730. The number of anilines is 1. The summed E-state index contributed by atoms with van der Waals surface area (Å²) in [5, 5.41) is 0. The van der Waals surface area contributed by atoms with Crippen LogP contribution in [0.25, 0.3) is 0 Å². The molecule has 1 heterocycles. The molecule has 1 saturated heterocycles. The monoisotopic (exact) mass is 448 g/mol. The molecule has 1 aromatic rings. The van der Waals surface area contributed by atoms with Crippen LogP contribution >= 0.6 is 12.4 Å². The molecule has 0 bridgehead atoms. The number of rotatable bonds is 5. The Bertz CT molecular complexity index is 669. The Labute approximate surface area is 199 Å². The van der Waals surface area contributed by atoms with Crippen molar-refractivity contribution < 1.29 is 0 Å². The molecule has 3 rings (SSSR count). The van der Waals surface area contributed by atoms with Gasteiger partial charge in [0.2, 0.25) is 0 Å². The summed E-state index contributed by atoms with van der Waals surface area (Å²) in [6.45, 7) is 22.7. The highest BCUT2D eigenvalue weighted by molar-refractivity contribution is 5.85. The maximum atomic E-state index is 2.71. The molecular formula is C28H49ClN2. The predicted molar refractivity (Wildman–Crippen MR) is 140 cm³/mol. The zero-order valence-electron chi connectivity index (χ0n) is 21.5. The van der Waals surface area contributed by atoms with Crippen molar-refractivity contribution in [3.05, 3.63) is 29.3 Å². The number of unbranched alkanes of at least 4 members (excludes halogenated alkanes) is 1. The Kier molecular flexibility index (Phi) is 9.35. The van der Waals surface area contributed by atoms with Crippen LogP contribution in [0.3, 0.4) is 0 Å². The Morgan fingerprint density at radius 2 is 1.48 bits per heavy atom. The highest BCUT2D eigenvalue weighted by Crippen LogP contribution is 2.45. The van der Waals surface area contributed by atoms with Gasteiger partial charge in [0.05, 0.1) is 0 Å². The molecule has 1 saturated carbocycles. The van der Waals surface area contributed by atoms with Gasteiger partial charge in [-0.3, -0.25) is 4.90 Å². The number of piperazine rings is 1. The van der Waals surface area contributed by atoms with Gasteiger partial charge >= 0.3 is 0 Å². The van der Waals surface area contributed by atoms with E-state index in [0.717, 1.165) is 11.8 Å². The summed E-state index contributed by atoms with van der Waals surface area (Å²) in [7, 11) is 0. The number of hydrogen-bond acceptors (Lipinski definition) is 2. The van der Waals surface area contributed by atoms with Crippen molar-refractivity contribution >= 4 is 18.1 Å². The van der Waals surface area contributed by atoms with Gasteiger partial charge in [0.25, 0.3) is 0 Å². The molecule has 0 amide bonds. The lowest BCUT2D eigenvalue weighted by molar-refractivity contribution is 0.169. The Morgan fingerprint density at radius 1 is 0.871 bits per heavy atom. The van der Waals surface area contributed by atoms with Crippen molar-refractivity contribution in [1.82, 2.24) is 4.90 Å². The molecule has 0 spiro atoms. The van der Waals surface area contributed by atoms with Crippen LogP contribution in [0.15, 0.2) is 18.2 Å². The molecule has 178 valence electrons. The fourth-order valence-electron chi connectivity index (χ4n) is 5.49. The summed E-state index contributed by atoms with van der Waals surface area (Å²) in [5.41, 5.74) is 5.34. The van der Waals surface area contributed by atoms with E-state index in [2.05, 4.69) is 76.5 Å². The molecule has 2 nitrogen and oxygen atoms in total. The standard InChI is InChI=1S/C28H48N2.ClH/c1-8-9-16-29-17-19-30(20-18-29)26-21-24(28(5,6)7)14-15-25(26)22-10-12-23(13-11-22)27(2,3)4;/h14-15,21-23H,8-13,16-20H2,1-7H3;1H. The van der Waals surface area contributed by atoms with Crippen LogP contribution in [-0.4, -0.2) is 37.6 Å². The molecule has 0 N–H and O–H groups in total. The van der Waals surface area contributed by atoms with Crippen LogP contribution < -0.4 is 4.90 Å². The van der Waals surface area contributed by atoms with Crippen molar-refractivity contribution in [2.75, 3.05) is 37.6 Å². The second-order valence-electron chi connectivity index (χ2n) is 12.1. The van der Waals surface area contributed by atoms with Crippen molar-refractivity contribution in [1.29, 1.82) is 0 Å². The number of hydrogen-bond donors (Lipinski definition) is 0. The minimum absolute atomic E-state index is 0. The lowest BCUT2D eigenvalue weighted by Gasteiger charge is -2.41. The first kappa shape index (κ1) is 26.5. The van der Waals surface area contributed by atoms with E-state index < -0.39 is 0 Å². The number of nitrogens with zero attached hydrogens (tertiary/aromatic N) is 2. The van der Waals surface area contributed by atoms with Crippen molar-refractivity contribution in [3.8, 4) is 0 Å². The third-order valence-electron chi connectivity index (χ3n) is 7.83. The quantitative estimate of drug-likeness (QED) is 0.456. The van der Waals surface area contributed by atoms with Gasteiger partial charge < -0.3 is 4.90 Å². The first-order valence-electron chi connectivity index (χ1n) is 12.7. The molecule has 3 heteroatoms. The number of halogens is 1. The van der Waals surface area contributed by atoms with E-state index in [0.29, 0.717) is 5.41 Å². The minimum Gasteiger partial charge on any atom is -0.369 e. The van der Waals surface area contributed by atoms with Gasteiger partial charge in [-0.05, 0) is 78.5 Å². The molecular weight excluding hydrogens is 400 g/mol. The molecule has 0 unspecified atom stereocenters. The average Bonchev–Trinajstić information content (AvgIpc) is 2.71. The molecule has 1 aliphatic carbocycles. The average molecular weight is 449 g/mol. The van der Waals surface area contributed by atoms with Crippen LogP contribution in [0.4, 0.5) is 5.69 Å². The molecule has 31 heavy (non-hydrogen) atoms. The van der Waals surface area contributed by atoms with E-state index in [-0.39, 0.29) is 17.8 Å². The molecule has 0 atom stereocenters. The summed E-state index contributed by atoms with van der Waals surface area (Å²) in [4.78, 5) is 5.38. The molecule has 2 fully saturated rings. The van der Waals surface area contributed by atoms with Gasteiger partial charge in [-0.2, -0.15) is 0 Å². The first-order chi connectivity index (χ1) is 14.1. The molecule has 0 aromatic heterocycles. The van der Waals surface area contributed by atoms with E-state index in [1.165, 1.54) is 76.8 Å².